The molecule has 0 fully saturated rings. The third-order valence-corrected chi connectivity index (χ3v) is 3.53. The van der Waals surface area contributed by atoms with Crippen molar-refractivity contribution in [2.75, 3.05) is 20.8 Å². The number of carbonyl (C=O) groups is 2. The lowest BCUT2D eigenvalue weighted by atomic mass is 9.95. The van der Waals surface area contributed by atoms with E-state index < -0.39 is 5.91 Å². The van der Waals surface area contributed by atoms with Crippen molar-refractivity contribution in [3.8, 4) is 11.5 Å². The van der Waals surface area contributed by atoms with Crippen LogP contribution in [0.15, 0.2) is 18.3 Å². The van der Waals surface area contributed by atoms with Crippen LogP contribution in [-0.4, -0.2) is 37.5 Å². The van der Waals surface area contributed by atoms with E-state index in [1.807, 2.05) is 17.9 Å². The summed E-state index contributed by atoms with van der Waals surface area (Å²) in [7, 11) is 3.12. The van der Waals surface area contributed by atoms with Crippen LogP contribution in [0.4, 0.5) is 0 Å². The maximum atomic E-state index is 12.3. The van der Waals surface area contributed by atoms with Crippen molar-refractivity contribution in [3.05, 3.63) is 29.5 Å². The van der Waals surface area contributed by atoms with Gasteiger partial charge < -0.3 is 14.4 Å². The normalized spacial score (nSPS) is 13.1. The molecule has 118 valence electrons. The van der Waals surface area contributed by atoms with E-state index in [2.05, 4.69) is 5.32 Å². The van der Waals surface area contributed by atoms with Crippen LogP contribution < -0.4 is 14.8 Å². The molecule has 0 aromatic heterocycles. The summed E-state index contributed by atoms with van der Waals surface area (Å²) in [6, 6.07) is 3.64. The number of fused-ring (bicyclic) bond motifs is 1. The van der Waals surface area contributed by atoms with Crippen LogP contribution >= 0.6 is 0 Å². The standard InChI is InChI=1S/C16H20N2O4/c1-5-18-8-11-6-14(21-3)15(22-4)7-12(11)13(9-18)16(20)17-10(2)19/h6-7,9H,5,8H2,1-4H3,(H,17,19,20). The molecular weight excluding hydrogens is 284 g/mol. The Labute approximate surface area is 129 Å². The summed E-state index contributed by atoms with van der Waals surface area (Å²) in [5, 5.41) is 2.32. The molecule has 22 heavy (non-hydrogen) atoms. The van der Waals surface area contributed by atoms with E-state index in [0.717, 1.165) is 17.7 Å². The molecule has 6 heteroatoms. The van der Waals surface area contributed by atoms with E-state index in [4.69, 9.17) is 9.47 Å². The van der Waals surface area contributed by atoms with Gasteiger partial charge in [0.1, 0.15) is 0 Å². The summed E-state index contributed by atoms with van der Waals surface area (Å²) in [5.74, 6) is 0.360. The fourth-order valence-electron chi connectivity index (χ4n) is 2.43. The van der Waals surface area contributed by atoms with Crippen LogP contribution in [0.2, 0.25) is 0 Å². The number of nitrogens with zero attached hydrogens (tertiary/aromatic N) is 1. The Balaban J connectivity index is 2.52. The Morgan fingerprint density at radius 2 is 1.86 bits per heavy atom. The van der Waals surface area contributed by atoms with Crippen molar-refractivity contribution >= 4 is 17.4 Å². The van der Waals surface area contributed by atoms with Crippen LogP contribution in [0, 0.1) is 0 Å². The molecule has 6 nitrogen and oxygen atoms in total. The maximum absolute atomic E-state index is 12.3. The lowest BCUT2D eigenvalue weighted by molar-refractivity contribution is -0.126. The average molecular weight is 304 g/mol. The SMILES string of the molecule is CCN1C=C(C(=O)NC(C)=O)c2cc(OC)c(OC)cc2C1. The number of amides is 2. The van der Waals surface area contributed by atoms with Crippen molar-refractivity contribution in [2.45, 2.75) is 20.4 Å². The van der Waals surface area contributed by atoms with Gasteiger partial charge in [-0.25, -0.2) is 0 Å². The van der Waals surface area contributed by atoms with Crippen LogP contribution in [-0.2, 0) is 16.1 Å². The first-order valence-corrected chi connectivity index (χ1v) is 7.03. The molecule has 1 N–H and O–H groups in total. The highest BCUT2D eigenvalue weighted by Crippen LogP contribution is 2.36. The van der Waals surface area contributed by atoms with Gasteiger partial charge in [0.25, 0.3) is 5.91 Å². The Kier molecular flexibility index (Phi) is 4.70. The van der Waals surface area contributed by atoms with Gasteiger partial charge in [0.2, 0.25) is 5.91 Å². The predicted octanol–water partition coefficient (Wildman–Crippen LogP) is 1.54. The molecular formula is C16H20N2O4. The van der Waals surface area contributed by atoms with Crippen molar-refractivity contribution in [2.24, 2.45) is 0 Å². The number of benzene rings is 1. The molecule has 1 aromatic carbocycles. The zero-order valence-electron chi connectivity index (χ0n) is 13.2. The predicted molar refractivity (Wildman–Crippen MR) is 82.4 cm³/mol. The summed E-state index contributed by atoms with van der Waals surface area (Å²) >= 11 is 0. The van der Waals surface area contributed by atoms with E-state index in [0.29, 0.717) is 23.6 Å². The molecule has 1 aromatic rings. The summed E-state index contributed by atoms with van der Waals surface area (Å²) in [5.41, 5.74) is 2.15. The molecule has 2 amide bonds. The zero-order valence-corrected chi connectivity index (χ0v) is 13.2. The molecule has 0 unspecified atom stereocenters. The monoisotopic (exact) mass is 304 g/mol. The van der Waals surface area contributed by atoms with E-state index in [1.54, 1.807) is 26.5 Å². The summed E-state index contributed by atoms with van der Waals surface area (Å²) in [4.78, 5) is 25.5. The second kappa shape index (κ2) is 6.51. The number of ether oxygens (including phenoxy) is 2. The molecule has 1 heterocycles. The van der Waals surface area contributed by atoms with Gasteiger partial charge in [-0.15, -0.1) is 0 Å². The number of rotatable bonds is 4. The first-order valence-electron chi connectivity index (χ1n) is 7.03. The first-order chi connectivity index (χ1) is 10.5. The molecule has 0 saturated heterocycles. The van der Waals surface area contributed by atoms with Gasteiger partial charge in [0.15, 0.2) is 11.5 Å². The molecule has 0 radical (unpaired) electrons. The topological polar surface area (TPSA) is 67.9 Å². The highest BCUT2D eigenvalue weighted by atomic mass is 16.5. The number of imide groups is 1. The van der Waals surface area contributed by atoms with Gasteiger partial charge in [-0.3, -0.25) is 14.9 Å². The Morgan fingerprint density at radius 3 is 2.41 bits per heavy atom. The molecule has 0 bridgehead atoms. The van der Waals surface area contributed by atoms with Crippen molar-refractivity contribution < 1.29 is 19.1 Å². The smallest absolute Gasteiger partial charge is 0.259 e. The van der Waals surface area contributed by atoms with Gasteiger partial charge in [-0.2, -0.15) is 0 Å². The molecule has 0 spiro atoms. The number of hydrogen-bond acceptors (Lipinski definition) is 5. The van der Waals surface area contributed by atoms with Gasteiger partial charge >= 0.3 is 0 Å². The van der Waals surface area contributed by atoms with Gasteiger partial charge in [0.05, 0.1) is 19.8 Å². The fourth-order valence-corrected chi connectivity index (χ4v) is 2.43. The molecule has 1 aliphatic heterocycles. The molecule has 0 saturated carbocycles. The van der Waals surface area contributed by atoms with Crippen LogP contribution in [0.3, 0.4) is 0 Å². The highest BCUT2D eigenvalue weighted by molar-refractivity contribution is 6.24. The molecule has 2 rings (SSSR count). The number of nitrogens with one attached hydrogen (secondary N) is 1. The Hall–Kier alpha value is -2.50. The third-order valence-electron chi connectivity index (χ3n) is 3.53. The number of carbonyl (C=O) groups excluding carboxylic acids is 2. The zero-order chi connectivity index (χ0) is 16.3. The molecule has 0 atom stereocenters. The minimum atomic E-state index is -0.417. The van der Waals surface area contributed by atoms with Gasteiger partial charge in [0, 0.05) is 26.2 Å². The Bertz CT molecular complexity index is 637. The maximum Gasteiger partial charge on any atom is 0.259 e. The number of methoxy groups -OCH3 is 2. The summed E-state index contributed by atoms with van der Waals surface area (Å²) in [6.45, 7) is 4.74. The minimum Gasteiger partial charge on any atom is -0.493 e. The third kappa shape index (κ3) is 3.05. The van der Waals surface area contributed by atoms with Crippen molar-refractivity contribution in [1.82, 2.24) is 10.2 Å². The van der Waals surface area contributed by atoms with E-state index in [-0.39, 0.29) is 5.91 Å². The van der Waals surface area contributed by atoms with Crippen LogP contribution in [0.5, 0.6) is 11.5 Å². The Morgan fingerprint density at radius 1 is 1.23 bits per heavy atom. The second-order valence-electron chi connectivity index (χ2n) is 4.98. The van der Waals surface area contributed by atoms with E-state index >= 15 is 0 Å². The first kappa shape index (κ1) is 15.9. The lowest BCUT2D eigenvalue weighted by Gasteiger charge is -2.28. The molecule has 1 aliphatic rings. The second-order valence-corrected chi connectivity index (χ2v) is 4.98. The lowest BCUT2D eigenvalue weighted by Crippen LogP contribution is -2.32. The van der Waals surface area contributed by atoms with Crippen LogP contribution in [0.25, 0.3) is 5.57 Å². The quantitative estimate of drug-likeness (QED) is 0.914. The fraction of sp³-hybridized carbons (Fsp3) is 0.375. The van der Waals surface area contributed by atoms with Crippen molar-refractivity contribution in [1.29, 1.82) is 0 Å². The van der Waals surface area contributed by atoms with Crippen molar-refractivity contribution in [3.63, 3.8) is 0 Å². The van der Waals surface area contributed by atoms with Gasteiger partial charge in [-0.05, 0) is 30.2 Å². The minimum absolute atomic E-state index is 0.387. The summed E-state index contributed by atoms with van der Waals surface area (Å²) in [6.07, 6.45) is 1.77. The largest absolute Gasteiger partial charge is 0.493 e. The van der Waals surface area contributed by atoms with Crippen LogP contribution in [0.1, 0.15) is 25.0 Å². The van der Waals surface area contributed by atoms with E-state index in [9.17, 15) is 9.59 Å². The number of hydrogen-bond donors (Lipinski definition) is 1. The average Bonchev–Trinajstić information content (AvgIpc) is 2.51. The van der Waals surface area contributed by atoms with E-state index in [1.165, 1.54) is 6.92 Å². The van der Waals surface area contributed by atoms with Gasteiger partial charge in [-0.1, -0.05) is 0 Å². The highest BCUT2D eigenvalue weighted by Gasteiger charge is 2.24. The summed E-state index contributed by atoms with van der Waals surface area (Å²) < 4.78 is 10.6. The molecule has 0 aliphatic carbocycles.